The number of nitrogens with zero attached hydrogens (tertiary/aromatic N) is 2. The second-order valence-electron chi connectivity index (χ2n) is 6.33. The van der Waals surface area contributed by atoms with Crippen LogP contribution < -0.4 is 10.0 Å². The first-order valence-corrected chi connectivity index (χ1v) is 10.2. The van der Waals surface area contributed by atoms with Gasteiger partial charge >= 0.3 is 0 Å². The molecule has 0 aromatic heterocycles. The average molecular weight is 367 g/mol. The van der Waals surface area contributed by atoms with E-state index in [0.29, 0.717) is 38.0 Å². The summed E-state index contributed by atoms with van der Waals surface area (Å²) < 4.78 is 25.3. The summed E-state index contributed by atoms with van der Waals surface area (Å²) in [7, 11) is -3.40. The van der Waals surface area contributed by atoms with E-state index in [1.165, 1.54) is 4.31 Å². The Balaban J connectivity index is 1.86. The number of para-hydroxylation sites is 1. The molecule has 1 aliphatic rings. The van der Waals surface area contributed by atoms with Crippen LogP contribution in [0.25, 0.3) is 0 Å². The smallest absolute Gasteiger partial charge is 0.232 e. The minimum absolute atomic E-state index is 0.00978. The van der Waals surface area contributed by atoms with Crippen LogP contribution in [0, 0.1) is 5.92 Å². The number of likely N-dealkylation sites (tertiary alicyclic amines) is 1. The molecule has 1 aliphatic heterocycles. The van der Waals surface area contributed by atoms with Crippen LogP contribution in [0.15, 0.2) is 30.3 Å². The van der Waals surface area contributed by atoms with Crippen molar-refractivity contribution in [3.8, 4) is 0 Å². The molecule has 7 nitrogen and oxygen atoms in total. The van der Waals surface area contributed by atoms with Crippen LogP contribution in [-0.4, -0.2) is 51.0 Å². The Morgan fingerprint density at radius 3 is 2.32 bits per heavy atom. The third-order valence-electron chi connectivity index (χ3n) is 4.45. The number of anilines is 1. The van der Waals surface area contributed by atoms with E-state index >= 15 is 0 Å². The second kappa shape index (κ2) is 8.33. The molecule has 1 aromatic carbocycles. The minimum atomic E-state index is -3.40. The van der Waals surface area contributed by atoms with Crippen LogP contribution in [-0.2, 0) is 19.6 Å². The summed E-state index contributed by atoms with van der Waals surface area (Å²) in [4.78, 5) is 25.2. The number of rotatable bonds is 7. The number of sulfonamides is 1. The van der Waals surface area contributed by atoms with Crippen LogP contribution in [0.4, 0.5) is 5.69 Å². The van der Waals surface area contributed by atoms with Gasteiger partial charge in [0.2, 0.25) is 21.8 Å². The maximum atomic E-state index is 12.3. The number of carbonyl (C=O) groups is 2. The van der Waals surface area contributed by atoms with E-state index in [0.717, 1.165) is 6.26 Å². The Hall–Kier alpha value is -2.09. The predicted octanol–water partition coefficient (Wildman–Crippen LogP) is 0.957. The van der Waals surface area contributed by atoms with Crippen LogP contribution in [0.5, 0.6) is 0 Å². The number of amides is 2. The van der Waals surface area contributed by atoms with Crippen LogP contribution in [0.1, 0.15) is 25.7 Å². The third-order valence-corrected chi connectivity index (χ3v) is 5.64. The molecule has 8 heteroatoms. The Bertz CT molecular complexity index is 698. The molecule has 138 valence electrons. The lowest BCUT2D eigenvalue weighted by molar-refractivity contribution is -0.134. The summed E-state index contributed by atoms with van der Waals surface area (Å²) in [5.41, 5.74) is 5.89. The van der Waals surface area contributed by atoms with Gasteiger partial charge in [-0.25, -0.2) is 8.42 Å². The van der Waals surface area contributed by atoms with Gasteiger partial charge < -0.3 is 10.6 Å². The molecule has 0 bridgehead atoms. The van der Waals surface area contributed by atoms with Crippen molar-refractivity contribution in [3.05, 3.63) is 30.3 Å². The van der Waals surface area contributed by atoms with E-state index in [1.807, 2.05) is 6.07 Å². The Labute approximate surface area is 148 Å². The summed E-state index contributed by atoms with van der Waals surface area (Å²) in [6, 6.07) is 8.85. The van der Waals surface area contributed by atoms with E-state index in [1.54, 1.807) is 29.2 Å². The van der Waals surface area contributed by atoms with Gasteiger partial charge in [0.25, 0.3) is 0 Å². The highest BCUT2D eigenvalue weighted by atomic mass is 32.2. The van der Waals surface area contributed by atoms with Crippen molar-refractivity contribution in [1.82, 2.24) is 4.90 Å². The molecule has 0 saturated carbocycles. The first kappa shape index (κ1) is 19.2. The highest BCUT2D eigenvalue weighted by Crippen LogP contribution is 2.19. The molecule has 0 aliphatic carbocycles. The van der Waals surface area contributed by atoms with Crippen molar-refractivity contribution >= 4 is 27.5 Å². The SMILES string of the molecule is CS(=O)(=O)N(CCCC(=O)N1CCC(C(N)=O)CC1)c1ccccc1. The molecule has 1 heterocycles. The topological polar surface area (TPSA) is 101 Å². The first-order valence-electron chi connectivity index (χ1n) is 8.39. The van der Waals surface area contributed by atoms with Crippen LogP contribution in [0.2, 0.25) is 0 Å². The van der Waals surface area contributed by atoms with E-state index in [4.69, 9.17) is 5.73 Å². The molecule has 0 spiro atoms. The summed E-state index contributed by atoms with van der Waals surface area (Å²) >= 11 is 0. The van der Waals surface area contributed by atoms with Crippen molar-refractivity contribution in [1.29, 1.82) is 0 Å². The summed E-state index contributed by atoms with van der Waals surface area (Å²) in [6.07, 6.45) is 3.08. The van der Waals surface area contributed by atoms with Crippen molar-refractivity contribution in [2.45, 2.75) is 25.7 Å². The van der Waals surface area contributed by atoms with Crippen molar-refractivity contribution in [2.75, 3.05) is 30.2 Å². The minimum Gasteiger partial charge on any atom is -0.369 e. The van der Waals surface area contributed by atoms with E-state index in [-0.39, 0.29) is 30.7 Å². The molecule has 25 heavy (non-hydrogen) atoms. The fourth-order valence-electron chi connectivity index (χ4n) is 3.03. The van der Waals surface area contributed by atoms with Gasteiger partial charge in [-0.1, -0.05) is 18.2 Å². The molecular formula is C17H25N3O4S. The highest BCUT2D eigenvalue weighted by Gasteiger charge is 2.26. The Morgan fingerprint density at radius 1 is 1.20 bits per heavy atom. The standard InChI is InChI=1S/C17H25N3O4S/c1-25(23,24)20(15-6-3-2-4-7-15)11-5-8-16(21)19-12-9-14(10-13-19)17(18)22/h2-4,6-7,14H,5,8-13H2,1H3,(H2,18,22). The second-order valence-corrected chi connectivity index (χ2v) is 8.24. The fourth-order valence-corrected chi connectivity index (χ4v) is 3.99. The van der Waals surface area contributed by atoms with Gasteiger partial charge in [-0.2, -0.15) is 0 Å². The maximum Gasteiger partial charge on any atom is 0.232 e. The van der Waals surface area contributed by atoms with E-state index in [9.17, 15) is 18.0 Å². The normalized spacial score (nSPS) is 15.8. The molecule has 0 unspecified atom stereocenters. The summed E-state index contributed by atoms with van der Waals surface area (Å²) in [6.45, 7) is 1.31. The monoisotopic (exact) mass is 367 g/mol. The zero-order valence-electron chi connectivity index (χ0n) is 14.4. The molecule has 1 fully saturated rings. The van der Waals surface area contributed by atoms with Gasteiger partial charge in [0.1, 0.15) is 0 Å². The van der Waals surface area contributed by atoms with Crippen LogP contribution >= 0.6 is 0 Å². The summed E-state index contributed by atoms with van der Waals surface area (Å²) in [5, 5.41) is 0. The molecule has 1 saturated heterocycles. The number of primary amides is 1. The van der Waals surface area contributed by atoms with Crippen molar-refractivity contribution in [3.63, 3.8) is 0 Å². The zero-order valence-corrected chi connectivity index (χ0v) is 15.2. The lowest BCUT2D eigenvalue weighted by atomic mass is 9.96. The van der Waals surface area contributed by atoms with Gasteiger partial charge in [-0.3, -0.25) is 13.9 Å². The molecular weight excluding hydrogens is 342 g/mol. The maximum absolute atomic E-state index is 12.3. The number of hydrogen-bond donors (Lipinski definition) is 1. The van der Waals surface area contributed by atoms with Gasteiger partial charge in [-0.15, -0.1) is 0 Å². The predicted molar refractivity (Wildman–Crippen MR) is 96.4 cm³/mol. The highest BCUT2D eigenvalue weighted by molar-refractivity contribution is 7.92. The lowest BCUT2D eigenvalue weighted by Crippen LogP contribution is -2.42. The molecule has 1 aromatic rings. The van der Waals surface area contributed by atoms with E-state index in [2.05, 4.69) is 0 Å². The number of carbonyl (C=O) groups excluding carboxylic acids is 2. The van der Waals surface area contributed by atoms with Gasteiger partial charge in [-0.05, 0) is 31.4 Å². The molecule has 0 atom stereocenters. The third kappa shape index (κ3) is 5.45. The molecule has 0 radical (unpaired) electrons. The van der Waals surface area contributed by atoms with Crippen molar-refractivity contribution < 1.29 is 18.0 Å². The van der Waals surface area contributed by atoms with Crippen LogP contribution in [0.3, 0.4) is 0 Å². The number of hydrogen-bond acceptors (Lipinski definition) is 4. The fraction of sp³-hybridized carbons (Fsp3) is 0.529. The Morgan fingerprint density at radius 2 is 1.80 bits per heavy atom. The quantitative estimate of drug-likeness (QED) is 0.775. The molecule has 2 N–H and O–H groups in total. The lowest BCUT2D eigenvalue weighted by Gasteiger charge is -2.31. The van der Waals surface area contributed by atoms with Gasteiger partial charge in [0.05, 0.1) is 11.9 Å². The van der Waals surface area contributed by atoms with Gasteiger partial charge in [0.15, 0.2) is 0 Å². The number of benzene rings is 1. The largest absolute Gasteiger partial charge is 0.369 e. The van der Waals surface area contributed by atoms with Crippen molar-refractivity contribution in [2.24, 2.45) is 11.7 Å². The number of piperidine rings is 1. The number of nitrogens with two attached hydrogens (primary N) is 1. The molecule has 2 rings (SSSR count). The zero-order chi connectivity index (χ0) is 18.4. The van der Waals surface area contributed by atoms with Gasteiger partial charge in [0, 0.05) is 32.0 Å². The molecule has 2 amide bonds. The summed E-state index contributed by atoms with van der Waals surface area (Å²) in [5.74, 6) is -0.467. The van der Waals surface area contributed by atoms with E-state index < -0.39 is 10.0 Å². The average Bonchev–Trinajstić information content (AvgIpc) is 2.58. The first-order chi connectivity index (χ1) is 11.8. The Kier molecular flexibility index (Phi) is 6.41.